The summed E-state index contributed by atoms with van der Waals surface area (Å²) < 4.78 is 31.9. The van der Waals surface area contributed by atoms with Crippen LogP contribution < -0.4 is 15.5 Å². The first kappa shape index (κ1) is 23.4. The van der Waals surface area contributed by atoms with Crippen molar-refractivity contribution in [2.24, 2.45) is 5.10 Å². The molecule has 170 valence electrons. The number of hydrogen-bond acceptors (Lipinski definition) is 6. The van der Waals surface area contributed by atoms with Gasteiger partial charge in [0.2, 0.25) is 10.0 Å². The summed E-state index contributed by atoms with van der Waals surface area (Å²) in [6.07, 6.45) is 3.19. The van der Waals surface area contributed by atoms with Crippen LogP contribution in [-0.2, 0) is 14.8 Å². The van der Waals surface area contributed by atoms with Crippen LogP contribution in [-0.4, -0.2) is 57.0 Å². The van der Waals surface area contributed by atoms with Crippen molar-refractivity contribution in [2.45, 2.75) is 24.7 Å². The first-order valence-electron chi connectivity index (χ1n) is 10.3. The molecule has 2 amide bonds. The molecule has 0 unspecified atom stereocenters. The molecule has 0 aromatic heterocycles. The summed E-state index contributed by atoms with van der Waals surface area (Å²) >= 11 is 0. The van der Waals surface area contributed by atoms with E-state index in [0.29, 0.717) is 19.7 Å². The molecule has 2 aromatic carbocycles. The lowest BCUT2D eigenvalue weighted by Gasteiger charge is -2.15. The molecule has 1 fully saturated rings. The SMILES string of the molecule is CCOc1ccc(/C=N/NC(=O)CNC(=O)c2ccc(S(=O)(=O)N3CCCC3)cc2)cc1. The summed E-state index contributed by atoms with van der Waals surface area (Å²) in [6, 6.07) is 12.9. The molecule has 9 nitrogen and oxygen atoms in total. The van der Waals surface area contributed by atoms with E-state index in [-0.39, 0.29) is 17.0 Å². The Balaban J connectivity index is 1.47. The Morgan fingerprint density at radius 2 is 1.72 bits per heavy atom. The van der Waals surface area contributed by atoms with E-state index in [4.69, 9.17) is 4.74 Å². The minimum Gasteiger partial charge on any atom is -0.494 e. The van der Waals surface area contributed by atoms with Crippen molar-refractivity contribution in [3.8, 4) is 5.75 Å². The Morgan fingerprint density at radius 3 is 2.34 bits per heavy atom. The third kappa shape index (κ3) is 6.14. The van der Waals surface area contributed by atoms with Gasteiger partial charge < -0.3 is 10.1 Å². The Bertz CT molecular complexity index is 1060. The zero-order chi connectivity index (χ0) is 23.0. The second-order valence-electron chi connectivity index (χ2n) is 7.11. The number of hydrazone groups is 1. The molecule has 3 rings (SSSR count). The van der Waals surface area contributed by atoms with Gasteiger partial charge in [-0.1, -0.05) is 0 Å². The molecule has 0 bridgehead atoms. The van der Waals surface area contributed by atoms with Crippen molar-refractivity contribution in [1.29, 1.82) is 0 Å². The number of nitrogens with one attached hydrogen (secondary N) is 2. The fourth-order valence-electron chi connectivity index (χ4n) is 3.15. The van der Waals surface area contributed by atoms with Gasteiger partial charge in [0.25, 0.3) is 11.8 Å². The second kappa shape index (κ2) is 10.9. The van der Waals surface area contributed by atoms with Crippen LogP contribution in [0.25, 0.3) is 0 Å². The van der Waals surface area contributed by atoms with Gasteiger partial charge in [0.15, 0.2) is 0 Å². The summed E-state index contributed by atoms with van der Waals surface area (Å²) in [5, 5.41) is 6.34. The zero-order valence-corrected chi connectivity index (χ0v) is 18.6. The Hall–Kier alpha value is -3.24. The third-order valence-corrected chi connectivity index (χ3v) is 6.74. The van der Waals surface area contributed by atoms with Gasteiger partial charge in [0, 0.05) is 18.7 Å². The van der Waals surface area contributed by atoms with Crippen molar-refractivity contribution in [3.63, 3.8) is 0 Å². The maximum atomic E-state index is 12.5. The predicted molar refractivity (Wildman–Crippen MR) is 120 cm³/mol. The van der Waals surface area contributed by atoms with Crippen LogP contribution in [0.5, 0.6) is 5.75 Å². The highest BCUT2D eigenvalue weighted by atomic mass is 32.2. The van der Waals surface area contributed by atoms with E-state index in [1.165, 1.54) is 34.8 Å². The van der Waals surface area contributed by atoms with E-state index in [1.807, 2.05) is 6.92 Å². The van der Waals surface area contributed by atoms with E-state index in [0.717, 1.165) is 24.2 Å². The lowest BCUT2D eigenvalue weighted by molar-refractivity contribution is -0.120. The molecule has 0 radical (unpaired) electrons. The number of carbonyl (C=O) groups is 2. The number of benzene rings is 2. The summed E-state index contributed by atoms with van der Waals surface area (Å²) in [5.74, 6) is -0.229. The van der Waals surface area contributed by atoms with Gasteiger partial charge in [-0.25, -0.2) is 13.8 Å². The third-order valence-electron chi connectivity index (χ3n) is 4.82. The molecule has 0 atom stereocenters. The maximum Gasteiger partial charge on any atom is 0.259 e. The molecule has 1 heterocycles. The molecule has 2 aromatic rings. The van der Waals surface area contributed by atoms with Crippen LogP contribution >= 0.6 is 0 Å². The number of ether oxygens (including phenoxy) is 1. The van der Waals surface area contributed by atoms with Crippen LogP contribution in [0.4, 0.5) is 0 Å². The molecule has 0 saturated carbocycles. The average Bonchev–Trinajstić information content (AvgIpc) is 3.35. The number of sulfonamides is 1. The largest absolute Gasteiger partial charge is 0.494 e. The molecule has 1 saturated heterocycles. The second-order valence-corrected chi connectivity index (χ2v) is 9.05. The van der Waals surface area contributed by atoms with Crippen LogP contribution in [0.2, 0.25) is 0 Å². The van der Waals surface area contributed by atoms with Crippen molar-refractivity contribution in [1.82, 2.24) is 15.0 Å². The molecule has 0 spiro atoms. The van der Waals surface area contributed by atoms with Crippen molar-refractivity contribution < 1.29 is 22.7 Å². The van der Waals surface area contributed by atoms with Crippen LogP contribution in [0, 0.1) is 0 Å². The molecule has 1 aliphatic rings. The Morgan fingerprint density at radius 1 is 1.06 bits per heavy atom. The Kier molecular flexibility index (Phi) is 7.96. The standard InChI is InChI=1S/C22H26N4O5S/c1-2-31-19-9-5-17(6-10-19)15-24-25-21(27)16-23-22(28)18-7-11-20(12-8-18)32(29,30)26-13-3-4-14-26/h5-12,15H,2-4,13-14,16H2,1H3,(H,23,28)(H,25,27)/b24-15+. The first-order chi connectivity index (χ1) is 15.4. The maximum absolute atomic E-state index is 12.5. The number of hydrogen-bond donors (Lipinski definition) is 2. The van der Waals surface area contributed by atoms with Gasteiger partial charge >= 0.3 is 0 Å². The van der Waals surface area contributed by atoms with E-state index >= 15 is 0 Å². The molecular weight excluding hydrogens is 432 g/mol. The summed E-state index contributed by atoms with van der Waals surface area (Å²) in [7, 11) is -3.53. The normalized spacial score (nSPS) is 14.4. The van der Waals surface area contributed by atoms with E-state index in [1.54, 1.807) is 24.3 Å². The molecule has 1 aliphatic heterocycles. The lowest BCUT2D eigenvalue weighted by atomic mass is 10.2. The van der Waals surface area contributed by atoms with Gasteiger partial charge in [-0.15, -0.1) is 0 Å². The van der Waals surface area contributed by atoms with Crippen LogP contribution in [0.15, 0.2) is 58.5 Å². The molecule has 0 aliphatic carbocycles. The fourth-order valence-corrected chi connectivity index (χ4v) is 4.67. The van der Waals surface area contributed by atoms with Crippen LogP contribution in [0.3, 0.4) is 0 Å². The first-order valence-corrected chi connectivity index (χ1v) is 11.8. The highest BCUT2D eigenvalue weighted by molar-refractivity contribution is 7.89. The van der Waals surface area contributed by atoms with Gasteiger partial charge in [0.05, 0.1) is 24.3 Å². The minimum atomic E-state index is -3.53. The monoisotopic (exact) mass is 458 g/mol. The van der Waals surface area contributed by atoms with Gasteiger partial charge in [-0.2, -0.15) is 9.41 Å². The number of rotatable bonds is 9. The van der Waals surface area contributed by atoms with Gasteiger partial charge in [-0.05, 0) is 73.9 Å². The zero-order valence-electron chi connectivity index (χ0n) is 17.8. The van der Waals surface area contributed by atoms with Crippen LogP contribution in [0.1, 0.15) is 35.7 Å². The van der Waals surface area contributed by atoms with Gasteiger partial charge in [-0.3, -0.25) is 9.59 Å². The minimum absolute atomic E-state index is 0.150. The summed E-state index contributed by atoms with van der Waals surface area (Å²) in [6.45, 7) is 3.24. The average molecular weight is 459 g/mol. The smallest absolute Gasteiger partial charge is 0.259 e. The highest BCUT2D eigenvalue weighted by Crippen LogP contribution is 2.21. The topological polar surface area (TPSA) is 117 Å². The summed E-state index contributed by atoms with van der Waals surface area (Å²) in [5.41, 5.74) is 3.38. The quantitative estimate of drug-likeness (QED) is 0.439. The predicted octanol–water partition coefficient (Wildman–Crippen LogP) is 1.75. The lowest BCUT2D eigenvalue weighted by Crippen LogP contribution is -2.35. The fraction of sp³-hybridized carbons (Fsp3) is 0.318. The van der Waals surface area contributed by atoms with Gasteiger partial charge in [0.1, 0.15) is 5.75 Å². The van der Waals surface area contributed by atoms with Crippen molar-refractivity contribution in [3.05, 3.63) is 59.7 Å². The number of carbonyl (C=O) groups excluding carboxylic acids is 2. The van der Waals surface area contributed by atoms with Crippen molar-refractivity contribution in [2.75, 3.05) is 26.2 Å². The summed E-state index contributed by atoms with van der Waals surface area (Å²) in [4.78, 5) is 24.3. The number of nitrogens with zero attached hydrogens (tertiary/aromatic N) is 2. The van der Waals surface area contributed by atoms with E-state index in [2.05, 4.69) is 15.8 Å². The Labute approximate surface area is 187 Å². The highest BCUT2D eigenvalue weighted by Gasteiger charge is 2.27. The molecule has 32 heavy (non-hydrogen) atoms. The molecule has 2 N–H and O–H groups in total. The van der Waals surface area contributed by atoms with E-state index < -0.39 is 21.8 Å². The number of amides is 2. The van der Waals surface area contributed by atoms with Crippen molar-refractivity contribution >= 4 is 28.1 Å². The van der Waals surface area contributed by atoms with E-state index in [9.17, 15) is 18.0 Å². The molecular formula is C22H26N4O5S. The molecule has 10 heteroatoms.